The van der Waals surface area contributed by atoms with E-state index in [0.29, 0.717) is 0 Å². The standard InChI is InChI=1S/C24H54N2Si2/c1-7-12-17-25(18-13-8-2)24(26(19-14-9-3)20-15-10-4)28-22-16-21-27-23(6)11-5/h11,24H,7-10,12-22,27-28H2,1-6H3. The van der Waals surface area contributed by atoms with Gasteiger partial charge in [-0.1, -0.05) is 83.2 Å². The second-order valence-corrected chi connectivity index (χ2v) is 13.0. The van der Waals surface area contributed by atoms with Gasteiger partial charge in [0, 0.05) is 15.3 Å². The molecule has 0 fully saturated rings. The van der Waals surface area contributed by atoms with E-state index in [1.165, 1.54) is 90.0 Å². The summed E-state index contributed by atoms with van der Waals surface area (Å²) in [6, 6.07) is 3.09. The Hall–Kier alpha value is 0.0938. The van der Waals surface area contributed by atoms with Crippen LogP contribution in [0.4, 0.5) is 0 Å². The van der Waals surface area contributed by atoms with Gasteiger partial charge in [-0.15, -0.1) is 0 Å². The Morgan fingerprint density at radius 2 is 1.14 bits per heavy atom. The van der Waals surface area contributed by atoms with Crippen molar-refractivity contribution in [3.05, 3.63) is 11.3 Å². The van der Waals surface area contributed by atoms with Crippen molar-refractivity contribution >= 4 is 19.0 Å². The molecule has 0 spiro atoms. The van der Waals surface area contributed by atoms with Crippen LogP contribution in [0.1, 0.15) is 99.3 Å². The smallest absolute Gasteiger partial charge is 0.0591 e. The predicted octanol–water partition coefficient (Wildman–Crippen LogP) is 5.56. The molecule has 0 rings (SSSR count). The zero-order valence-electron chi connectivity index (χ0n) is 20.6. The van der Waals surface area contributed by atoms with E-state index >= 15 is 0 Å². The Labute approximate surface area is 183 Å². The monoisotopic (exact) mass is 426 g/mol. The molecule has 0 aliphatic heterocycles. The first-order valence-electron chi connectivity index (χ1n) is 12.7. The summed E-state index contributed by atoms with van der Waals surface area (Å²) in [7, 11) is -0.0231. The normalized spacial score (nSPS) is 13.5. The van der Waals surface area contributed by atoms with E-state index in [1.807, 2.05) is 0 Å². The van der Waals surface area contributed by atoms with Crippen molar-refractivity contribution in [2.45, 2.75) is 117 Å². The number of hydrogen-bond acceptors (Lipinski definition) is 2. The summed E-state index contributed by atoms with van der Waals surface area (Å²) >= 11 is 0. The van der Waals surface area contributed by atoms with Crippen LogP contribution in [0.2, 0.25) is 12.1 Å². The van der Waals surface area contributed by atoms with Gasteiger partial charge in [0.1, 0.15) is 0 Å². The Morgan fingerprint density at radius 1 is 0.714 bits per heavy atom. The summed E-state index contributed by atoms with van der Waals surface area (Å²) in [5, 5.41) is 1.71. The maximum absolute atomic E-state index is 2.93. The molecule has 0 atom stereocenters. The van der Waals surface area contributed by atoms with Gasteiger partial charge < -0.3 is 0 Å². The molecule has 0 bridgehead atoms. The minimum absolute atomic E-state index is 0.0548. The molecular weight excluding hydrogens is 372 g/mol. The first-order valence-corrected chi connectivity index (χ1v) is 16.3. The van der Waals surface area contributed by atoms with Gasteiger partial charge >= 0.3 is 0 Å². The molecule has 28 heavy (non-hydrogen) atoms. The molecule has 0 radical (unpaired) electrons. The molecule has 0 amide bonds. The van der Waals surface area contributed by atoms with Crippen molar-refractivity contribution in [2.75, 3.05) is 26.2 Å². The first-order chi connectivity index (χ1) is 13.6. The zero-order chi connectivity index (χ0) is 21.0. The quantitative estimate of drug-likeness (QED) is 0.143. The molecule has 0 aromatic heterocycles. The molecule has 168 valence electrons. The summed E-state index contributed by atoms with van der Waals surface area (Å²) in [5.41, 5.74) is 0. The van der Waals surface area contributed by atoms with Gasteiger partial charge in [0.15, 0.2) is 0 Å². The molecule has 0 N–H and O–H groups in total. The predicted molar refractivity (Wildman–Crippen MR) is 137 cm³/mol. The second-order valence-electron chi connectivity index (χ2n) is 8.70. The lowest BCUT2D eigenvalue weighted by Crippen LogP contribution is -2.53. The molecule has 0 saturated heterocycles. The van der Waals surface area contributed by atoms with Crippen molar-refractivity contribution in [3.63, 3.8) is 0 Å². The maximum atomic E-state index is 2.93. The van der Waals surface area contributed by atoms with Crippen molar-refractivity contribution in [2.24, 2.45) is 0 Å². The van der Waals surface area contributed by atoms with Crippen LogP contribution in [0.15, 0.2) is 11.3 Å². The summed E-state index contributed by atoms with van der Waals surface area (Å²) in [6.45, 7) is 19.3. The Morgan fingerprint density at radius 3 is 1.50 bits per heavy atom. The largest absolute Gasteiger partial charge is 0.291 e. The van der Waals surface area contributed by atoms with Crippen LogP contribution in [-0.4, -0.2) is 60.8 Å². The molecule has 0 aliphatic rings. The lowest BCUT2D eigenvalue weighted by Gasteiger charge is -2.40. The van der Waals surface area contributed by atoms with Crippen molar-refractivity contribution in [1.29, 1.82) is 0 Å². The second kappa shape index (κ2) is 20.4. The van der Waals surface area contributed by atoms with E-state index in [9.17, 15) is 0 Å². The third-order valence-corrected chi connectivity index (χ3v) is 10.6. The SMILES string of the molecule is CC=C(C)[SiH2]CCC[SiH2]C(N(CCCC)CCCC)N(CCCC)CCCC. The average molecular weight is 427 g/mol. The molecule has 0 heterocycles. The van der Waals surface area contributed by atoms with Gasteiger partial charge in [0.05, 0.1) is 9.52 Å². The fourth-order valence-electron chi connectivity index (χ4n) is 3.91. The topological polar surface area (TPSA) is 6.48 Å². The minimum Gasteiger partial charge on any atom is -0.291 e. The Kier molecular flexibility index (Phi) is 20.4. The number of hydrogen-bond donors (Lipinski definition) is 0. The lowest BCUT2D eigenvalue weighted by molar-refractivity contribution is 0.0899. The van der Waals surface area contributed by atoms with Gasteiger partial charge in [0.25, 0.3) is 0 Å². The number of unbranched alkanes of at least 4 members (excludes halogenated alkanes) is 4. The van der Waals surface area contributed by atoms with E-state index in [2.05, 4.69) is 57.4 Å². The van der Waals surface area contributed by atoms with E-state index < -0.39 is 0 Å². The van der Waals surface area contributed by atoms with E-state index in [1.54, 1.807) is 11.2 Å². The highest BCUT2D eigenvalue weighted by atomic mass is 28.2. The van der Waals surface area contributed by atoms with Crippen molar-refractivity contribution < 1.29 is 0 Å². The minimum atomic E-state index is -0.0780. The molecule has 4 heteroatoms. The van der Waals surface area contributed by atoms with Crippen LogP contribution in [0.5, 0.6) is 0 Å². The summed E-state index contributed by atoms with van der Waals surface area (Å²) in [6.07, 6.45) is 14.7. The van der Waals surface area contributed by atoms with Crippen LogP contribution < -0.4 is 0 Å². The van der Waals surface area contributed by atoms with Gasteiger partial charge in [0.2, 0.25) is 0 Å². The maximum Gasteiger partial charge on any atom is 0.0591 e. The van der Waals surface area contributed by atoms with Gasteiger partial charge in [-0.25, -0.2) is 0 Å². The fourth-order valence-corrected chi connectivity index (χ4v) is 8.54. The van der Waals surface area contributed by atoms with Crippen LogP contribution in [-0.2, 0) is 0 Å². The Balaban J connectivity index is 5.02. The summed E-state index contributed by atoms with van der Waals surface area (Å²) in [5.74, 6) is 0.820. The molecule has 2 nitrogen and oxygen atoms in total. The fraction of sp³-hybridized carbons (Fsp3) is 0.917. The van der Waals surface area contributed by atoms with Crippen LogP contribution in [0, 0.1) is 0 Å². The molecule has 0 aromatic carbocycles. The first kappa shape index (κ1) is 28.1. The highest BCUT2D eigenvalue weighted by Gasteiger charge is 2.24. The van der Waals surface area contributed by atoms with Crippen LogP contribution in [0.3, 0.4) is 0 Å². The number of rotatable bonds is 20. The number of allylic oxidation sites excluding steroid dienone is 2. The number of nitrogens with zero attached hydrogens (tertiary/aromatic N) is 2. The molecule has 0 aliphatic carbocycles. The van der Waals surface area contributed by atoms with E-state index in [4.69, 9.17) is 0 Å². The molecule has 0 aromatic rings. The molecule has 0 unspecified atom stereocenters. The zero-order valence-corrected chi connectivity index (χ0v) is 23.4. The van der Waals surface area contributed by atoms with Gasteiger partial charge in [-0.3, -0.25) is 9.80 Å². The van der Waals surface area contributed by atoms with Crippen LogP contribution >= 0.6 is 0 Å². The summed E-state index contributed by atoms with van der Waals surface area (Å²) < 4.78 is 0. The lowest BCUT2D eigenvalue weighted by atomic mass is 10.2. The molecule has 0 saturated carbocycles. The average Bonchev–Trinajstić information content (AvgIpc) is 2.71. The van der Waals surface area contributed by atoms with E-state index in [0.717, 1.165) is 5.79 Å². The van der Waals surface area contributed by atoms with E-state index in [-0.39, 0.29) is 19.0 Å². The third-order valence-electron chi connectivity index (χ3n) is 6.06. The van der Waals surface area contributed by atoms with Gasteiger partial charge in [-0.05, 0) is 65.7 Å². The summed E-state index contributed by atoms with van der Waals surface area (Å²) in [4.78, 5) is 5.86. The van der Waals surface area contributed by atoms with Crippen LogP contribution in [0.25, 0.3) is 0 Å². The van der Waals surface area contributed by atoms with Crippen molar-refractivity contribution in [1.82, 2.24) is 9.80 Å². The highest BCUT2D eigenvalue weighted by molar-refractivity contribution is 6.45. The molecular formula is C24H54N2Si2. The Bertz CT molecular complexity index is 325. The highest BCUT2D eigenvalue weighted by Crippen LogP contribution is 2.15. The van der Waals surface area contributed by atoms with Gasteiger partial charge in [-0.2, -0.15) is 0 Å². The van der Waals surface area contributed by atoms with Crippen molar-refractivity contribution in [3.8, 4) is 0 Å². The third kappa shape index (κ3) is 14.1.